The van der Waals surface area contributed by atoms with Crippen LogP contribution >= 0.6 is 0 Å². The van der Waals surface area contributed by atoms with Crippen LogP contribution in [0.5, 0.6) is 0 Å². The summed E-state index contributed by atoms with van der Waals surface area (Å²) >= 11 is 0. The van der Waals surface area contributed by atoms with Gasteiger partial charge in [-0.3, -0.25) is 4.40 Å². The summed E-state index contributed by atoms with van der Waals surface area (Å²) in [5.41, 5.74) is 10.5. The van der Waals surface area contributed by atoms with Crippen molar-refractivity contribution in [3.63, 3.8) is 0 Å². The minimum atomic E-state index is 0.733. The van der Waals surface area contributed by atoms with Gasteiger partial charge in [-0.15, -0.1) is 0 Å². The molecule has 3 nitrogen and oxygen atoms in total. The van der Waals surface area contributed by atoms with E-state index in [1.807, 2.05) is 29.7 Å². The fourth-order valence-electron chi connectivity index (χ4n) is 2.37. The van der Waals surface area contributed by atoms with E-state index in [2.05, 4.69) is 35.3 Å². The highest BCUT2D eigenvalue weighted by Gasteiger charge is 2.08. The zero-order chi connectivity index (χ0) is 13.2. The molecule has 0 fully saturated rings. The molecule has 2 aromatic heterocycles. The first-order chi connectivity index (χ1) is 9.25. The van der Waals surface area contributed by atoms with Crippen LogP contribution in [0.2, 0.25) is 0 Å². The molecule has 0 amide bonds. The number of aryl methyl sites for hydroxylation is 3. The minimum absolute atomic E-state index is 0.733. The lowest BCUT2D eigenvalue weighted by molar-refractivity contribution is 0.952. The zero-order valence-electron chi connectivity index (χ0n) is 11.0. The van der Waals surface area contributed by atoms with E-state index in [-0.39, 0.29) is 0 Å². The van der Waals surface area contributed by atoms with E-state index in [4.69, 9.17) is 5.73 Å². The van der Waals surface area contributed by atoms with Gasteiger partial charge in [0.1, 0.15) is 11.5 Å². The summed E-state index contributed by atoms with van der Waals surface area (Å²) in [6.45, 7) is 1.95. The van der Waals surface area contributed by atoms with Crippen LogP contribution in [0, 0.1) is 6.92 Å². The van der Waals surface area contributed by atoms with Crippen LogP contribution < -0.4 is 5.73 Å². The molecule has 0 saturated carbocycles. The molecule has 0 radical (unpaired) electrons. The van der Waals surface area contributed by atoms with Crippen molar-refractivity contribution in [1.82, 2.24) is 9.38 Å². The van der Waals surface area contributed by atoms with Gasteiger partial charge in [0.15, 0.2) is 0 Å². The third kappa shape index (κ3) is 2.19. The van der Waals surface area contributed by atoms with Crippen molar-refractivity contribution in [2.24, 2.45) is 0 Å². The molecule has 0 aliphatic heterocycles. The first-order valence-corrected chi connectivity index (χ1v) is 6.51. The maximum Gasteiger partial charge on any atom is 0.141 e. The largest absolute Gasteiger partial charge is 0.383 e. The summed E-state index contributed by atoms with van der Waals surface area (Å²) in [5, 5.41) is 0. The van der Waals surface area contributed by atoms with Crippen molar-refractivity contribution >= 4 is 11.5 Å². The Morgan fingerprint density at radius 1 is 1.05 bits per heavy atom. The van der Waals surface area contributed by atoms with Crippen molar-refractivity contribution in [2.75, 3.05) is 5.73 Å². The van der Waals surface area contributed by atoms with E-state index < -0.39 is 0 Å². The number of nitrogen functional groups attached to an aromatic ring is 1. The van der Waals surface area contributed by atoms with Crippen molar-refractivity contribution in [2.45, 2.75) is 19.8 Å². The first kappa shape index (κ1) is 11.8. The summed E-state index contributed by atoms with van der Waals surface area (Å²) in [5.74, 6) is 0.733. The Morgan fingerprint density at radius 2 is 1.84 bits per heavy atom. The Hall–Kier alpha value is -2.29. The maximum atomic E-state index is 6.01. The Labute approximate surface area is 112 Å². The lowest BCUT2D eigenvalue weighted by Gasteiger charge is -2.04. The molecule has 2 N–H and O–H groups in total. The number of anilines is 1. The van der Waals surface area contributed by atoms with E-state index in [9.17, 15) is 0 Å². The predicted octanol–water partition coefficient (Wildman–Crippen LogP) is 3.01. The summed E-state index contributed by atoms with van der Waals surface area (Å²) in [6, 6.07) is 14.7. The monoisotopic (exact) mass is 251 g/mol. The van der Waals surface area contributed by atoms with Gasteiger partial charge in [-0.05, 0) is 37.0 Å². The Balaban J connectivity index is 1.91. The number of nitrogens with zero attached hydrogens (tertiary/aromatic N) is 2. The number of fused-ring (bicyclic) bond motifs is 1. The van der Waals surface area contributed by atoms with Crippen molar-refractivity contribution in [3.05, 3.63) is 65.5 Å². The smallest absolute Gasteiger partial charge is 0.141 e. The molecule has 96 valence electrons. The molecule has 1 aromatic carbocycles. The van der Waals surface area contributed by atoms with Crippen molar-refractivity contribution < 1.29 is 0 Å². The Bertz CT molecular complexity index is 699. The molecule has 0 bridgehead atoms. The van der Waals surface area contributed by atoms with Crippen LogP contribution in [0.4, 0.5) is 5.82 Å². The third-order valence-electron chi connectivity index (χ3n) is 3.48. The van der Waals surface area contributed by atoms with Gasteiger partial charge in [0, 0.05) is 6.20 Å². The molecule has 0 aliphatic carbocycles. The lowest BCUT2D eigenvalue weighted by atomic mass is 10.1. The standard InChI is InChI=1S/C16H17N3/c1-12-15(17)19-11-5-8-14(16(19)18-12)10-9-13-6-3-2-4-7-13/h2-8,11H,9-10,17H2,1H3. The number of pyridine rings is 1. The fraction of sp³-hybridized carbons (Fsp3) is 0.188. The van der Waals surface area contributed by atoms with E-state index in [0.29, 0.717) is 0 Å². The normalized spacial score (nSPS) is 11.0. The minimum Gasteiger partial charge on any atom is -0.383 e. The number of hydrogen-bond acceptors (Lipinski definition) is 2. The topological polar surface area (TPSA) is 43.3 Å². The van der Waals surface area contributed by atoms with Crippen LogP contribution in [0.15, 0.2) is 48.7 Å². The average Bonchev–Trinajstić information content (AvgIpc) is 2.74. The second-order valence-electron chi connectivity index (χ2n) is 4.80. The molecule has 3 aromatic rings. The van der Waals surface area contributed by atoms with Gasteiger partial charge in [0.05, 0.1) is 5.69 Å². The molecule has 0 spiro atoms. The molecule has 0 unspecified atom stereocenters. The third-order valence-corrected chi connectivity index (χ3v) is 3.48. The molecule has 0 aliphatic rings. The van der Waals surface area contributed by atoms with E-state index in [1.165, 1.54) is 11.1 Å². The van der Waals surface area contributed by atoms with Gasteiger partial charge in [-0.2, -0.15) is 0 Å². The predicted molar refractivity (Wildman–Crippen MR) is 78.2 cm³/mol. The van der Waals surface area contributed by atoms with Crippen LogP contribution in [-0.2, 0) is 12.8 Å². The van der Waals surface area contributed by atoms with E-state index in [0.717, 1.165) is 30.0 Å². The van der Waals surface area contributed by atoms with Gasteiger partial charge in [-0.1, -0.05) is 36.4 Å². The van der Waals surface area contributed by atoms with Gasteiger partial charge in [-0.25, -0.2) is 4.98 Å². The molecule has 3 heteroatoms. The summed E-state index contributed by atoms with van der Waals surface area (Å²) in [6.07, 6.45) is 3.97. The summed E-state index contributed by atoms with van der Waals surface area (Å²) in [4.78, 5) is 4.56. The fourth-order valence-corrected chi connectivity index (χ4v) is 2.37. The van der Waals surface area contributed by atoms with Crippen LogP contribution in [-0.4, -0.2) is 9.38 Å². The molecule has 0 saturated heterocycles. The lowest BCUT2D eigenvalue weighted by Crippen LogP contribution is -1.97. The quantitative estimate of drug-likeness (QED) is 0.777. The number of benzene rings is 1. The SMILES string of the molecule is Cc1nc2c(CCc3ccccc3)cccn2c1N. The maximum absolute atomic E-state index is 6.01. The average molecular weight is 251 g/mol. The van der Waals surface area contributed by atoms with Gasteiger partial charge in [0.2, 0.25) is 0 Å². The highest BCUT2D eigenvalue weighted by molar-refractivity contribution is 5.57. The van der Waals surface area contributed by atoms with Gasteiger partial charge < -0.3 is 5.73 Å². The molecule has 2 heterocycles. The van der Waals surface area contributed by atoms with Gasteiger partial charge in [0.25, 0.3) is 0 Å². The van der Waals surface area contributed by atoms with Crippen molar-refractivity contribution in [3.8, 4) is 0 Å². The number of aromatic nitrogens is 2. The Kier molecular flexibility index (Phi) is 2.95. The molecule has 19 heavy (non-hydrogen) atoms. The number of imidazole rings is 1. The molecule has 3 rings (SSSR count). The summed E-state index contributed by atoms with van der Waals surface area (Å²) in [7, 11) is 0. The Morgan fingerprint density at radius 3 is 2.63 bits per heavy atom. The van der Waals surface area contributed by atoms with Crippen LogP contribution in [0.25, 0.3) is 5.65 Å². The molecular formula is C16H17N3. The second kappa shape index (κ2) is 4.76. The molecule has 0 atom stereocenters. The van der Waals surface area contributed by atoms with Crippen LogP contribution in [0.3, 0.4) is 0 Å². The van der Waals surface area contributed by atoms with E-state index in [1.54, 1.807) is 0 Å². The number of rotatable bonds is 3. The van der Waals surface area contributed by atoms with Gasteiger partial charge >= 0.3 is 0 Å². The number of hydrogen-bond donors (Lipinski definition) is 1. The highest BCUT2D eigenvalue weighted by Crippen LogP contribution is 2.18. The van der Waals surface area contributed by atoms with Crippen LogP contribution in [0.1, 0.15) is 16.8 Å². The number of nitrogens with two attached hydrogens (primary N) is 1. The first-order valence-electron chi connectivity index (χ1n) is 6.51. The molecular weight excluding hydrogens is 234 g/mol. The summed E-state index contributed by atoms with van der Waals surface area (Å²) < 4.78 is 1.97. The van der Waals surface area contributed by atoms with Crippen molar-refractivity contribution in [1.29, 1.82) is 0 Å². The van der Waals surface area contributed by atoms with E-state index >= 15 is 0 Å². The zero-order valence-corrected chi connectivity index (χ0v) is 11.0. The second-order valence-corrected chi connectivity index (χ2v) is 4.80. The highest BCUT2D eigenvalue weighted by atomic mass is 15.1.